The SMILES string of the molecule is CCNCc1cc(F)ccc1N(CC)C(C)C. The summed E-state index contributed by atoms with van der Waals surface area (Å²) < 4.78 is 13.3. The summed E-state index contributed by atoms with van der Waals surface area (Å²) in [6, 6.07) is 5.47. The van der Waals surface area contributed by atoms with E-state index in [-0.39, 0.29) is 5.82 Å². The third-order valence-electron chi connectivity index (χ3n) is 2.88. The van der Waals surface area contributed by atoms with Crippen molar-refractivity contribution in [3.05, 3.63) is 29.6 Å². The van der Waals surface area contributed by atoms with Crippen LogP contribution < -0.4 is 10.2 Å². The van der Waals surface area contributed by atoms with Gasteiger partial charge in [-0.2, -0.15) is 0 Å². The minimum atomic E-state index is -0.165. The normalized spacial score (nSPS) is 10.9. The van der Waals surface area contributed by atoms with E-state index >= 15 is 0 Å². The number of hydrogen-bond acceptors (Lipinski definition) is 2. The van der Waals surface area contributed by atoms with Gasteiger partial charge in [-0.1, -0.05) is 6.92 Å². The number of rotatable bonds is 6. The molecule has 0 bridgehead atoms. The molecule has 0 radical (unpaired) electrons. The fourth-order valence-electron chi connectivity index (χ4n) is 2.05. The van der Waals surface area contributed by atoms with Crippen molar-refractivity contribution in [1.29, 1.82) is 0 Å². The summed E-state index contributed by atoms with van der Waals surface area (Å²) in [6.07, 6.45) is 0. The van der Waals surface area contributed by atoms with Crippen molar-refractivity contribution in [2.75, 3.05) is 18.0 Å². The number of anilines is 1. The van der Waals surface area contributed by atoms with Crippen molar-refractivity contribution < 1.29 is 4.39 Å². The van der Waals surface area contributed by atoms with E-state index in [0.717, 1.165) is 24.3 Å². The Hall–Kier alpha value is -1.09. The van der Waals surface area contributed by atoms with E-state index < -0.39 is 0 Å². The topological polar surface area (TPSA) is 15.3 Å². The van der Waals surface area contributed by atoms with Crippen LogP contribution in [0, 0.1) is 5.82 Å². The fourth-order valence-corrected chi connectivity index (χ4v) is 2.05. The average molecular weight is 238 g/mol. The molecule has 0 aromatic heterocycles. The van der Waals surface area contributed by atoms with Gasteiger partial charge in [0.2, 0.25) is 0 Å². The number of halogens is 1. The summed E-state index contributed by atoms with van der Waals surface area (Å²) in [5, 5.41) is 3.26. The van der Waals surface area contributed by atoms with Crippen LogP contribution in [0.1, 0.15) is 33.3 Å². The first kappa shape index (κ1) is 14.0. The first-order valence-corrected chi connectivity index (χ1v) is 6.35. The lowest BCUT2D eigenvalue weighted by Gasteiger charge is -2.29. The van der Waals surface area contributed by atoms with Crippen LogP contribution in [-0.2, 0) is 6.54 Å². The standard InChI is InChI=1S/C14H23FN2/c1-5-16-10-12-9-13(15)7-8-14(12)17(6-2)11(3)4/h7-9,11,16H,5-6,10H2,1-4H3. The fraction of sp³-hybridized carbons (Fsp3) is 0.571. The number of hydrogen-bond donors (Lipinski definition) is 1. The van der Waals surface area contributed by atoms with Gasteiger partial charge in [0, 0.05) is 24.8 Å². The molecule has 1 rings (SSSR count). The summed E-state index contributed by atoms with van der Waals surface area (Å²) in [4.78, 5) is 2.28. The van der Waals surface area contributed by atoms with Gasteiger partial charge in [0.05, 0.1) is 0 Å². The molecule has 3 heteroatoms. The Kier molecular flexibility index (Phi) is 5.42. The highest BCUT2D eigenvalue weighted by Crippen LogP contribution is 2.23. The Morgan fingerprint density at radius 2 is 2.00 bits per heavy atom. The molecule has 1 N–H and O–H groups in total. The zero-order valence-corrected chi connectivity index (χ0v) is 11.3. The highest BCUT2D eigenvalue weighted by atomic mass is 19.1. The van der Waals surface area contributed by atoms with Gasteiger partial charge >= 0.3 is 0 Å². The molecule has 0 aliphatic carbocycles. The quantitative estimate of drug-likeness (QED) is 0.819. The molecule has 96 valence electrons. The molecule has 0 unspecified atom stereocenters. The van der Waals surface area contributed by atoms with Gasteiger partial charge in [0.25, 0.3) is 0 Å². The minimum Gasteiger partial charge on any atom is -0.369 e. The Labute approximate surface area is 104 Å². The van der Waals surface area contributed by atoms with E-state index in [1.165, 1.54) is 6.07 Å². The third kappa shape index (κ3) is 3.70. The monoisotopic (exact) mass is 238 g/mol. The van der Waals surface area contributed by atoms with Gasteiger partial charge in [-0.15, -0.1) is 0 Å². The highest BCUT2D eigenvalue weighted by molar-refractivity contribution is 5.54. The second-order valence-electron chi connectivity index (χ2n) is 4.43. The molecular formula is C14H23FN2. The van der Waals surface area contributed by atoms with Crippen molar-refractivity contribution in [2.24, 2.45) is 0 Å². The molecule has 0 aliphatic heterocycles. The van der Waals surface area contributed by atoms with Crippen LogP contribution in [0.15, 0.2) is 18.2 Å². The lowest BCUT2D eigenvalue weighted by atomic mass is 10.1. The van der Waals surface area contributed by atoms with E-state index in [9.17, 15) is 4.39 Å². The Morgan fingerprint density at radius 1 is 1.29 bits per heavy atom. The van der Waals surface area contributed by atoms with Gasteiger partial charge in [-0.3, -0.25) is 0 Å². The van der Waals surface area contributed by atoms with E-state index in [4.69, 9.17) is 0 Å². The number of nitrogens with zero attached hydrogens (tertiary/aromatic N) is 1. The highest BCUT2D eigenvalue weighted by Gasteiger charge is 2.13. The van der Waals surface area contributed by atoms with Crippen molar-refractivity contribution in [3.8, 4) is 0 Å². The first-order valence-electron chi connectivity index (χ1n) is 6.35. The summed E-state index contributed by atoms with van der Waals surface area (Å²) in [5.41, 5.74) is 2.16. The van der Waals surface area contributed by atoms with E-state index in [1.54, 1.807) is 6.07 Å². The zero-order valence-electron chi connectivity index (χ0n) is 11.3. The molecular weight excluding hydrogens is 215 g/mol. The van der Waals surface area contributed by atoms with Crippen LogP contribution in [0.3, 0.4) is 0 Å². The van der Waals surface area contributed by atoms with E-state index in [2.05, 4.69) is 37.9 Å². The minimum absolute atomic E-state index is 0.165. The van der Waals surface area contributed by atoms with E-state index in [0.29, 0.717) is 12.6 Å². The van der Waals surface area contributed by atoms with Crippen molar-refractivity contribution in [2.45, 2.75) is 40.3 Å². The first-order chi connectivity index (χ1) is 8.10. The maximum Gasteiger partial charge on any atom is 0.123 e. The molecule has 1 aromatic carbocycles. The summed E-state index contributed by atoms with van der Waals surface area (Å²) in [5.74, 6) is -0.165. The molecule has 2 nitrogen and oxygen atoms in total. The second kappa shape index (κ2) is 6.60. The van der Waals surface area contributed by atoms with Gasteiger partial charge in [0.15, 0.2) is 0 Å². The van der Waals surface area contributed by atoms with Gasteiger partial charge < -0.3 is 10.2 Å². The maximum atomic E-state index is 13.3. The molecule has 0 spiro atoms. The lowest BCUT2D eigenvalue weighted by molar-refractivity contribution is 0.618. The van der Waals surface area contributed by atoms with Crippen LogP contribution in [0.25, 0.3) is 0 Å². The van der Waals surface area contributed by atoms with Crippen molar-refractivity contribution >= 4 is 5.69 Å². The molecule has 0 aliphatic rings. The average Bonchev–Trinajstić information content (AvgIpc) is 2.29. The van der Waals surface area contributed by atoms with Crippen LogP contribution in [0.2, 0.25) is 0 Å². The van der Waals surface area contributed by atoms with Gasteiger partial charge in [-0.05, 0) is 51.1 Å². The maximum absolute atomic E-state index is 13.3. The molecule has 1 aromatic rings. The Morgan fingerprint density at radius 3 is 2.53 bits per heavy atom. The number of nitrogens with one attached hydrogen (secondary N) is 1. The molecule has 0 fully saturated rings. The predicted octanol–water partition coefficient (Wildman–Crippen LogP) is 3.17. The molecule has 0 saturated heterocycles. The zero-order chi connectivity index (χ0) is 12.8. The molecule has 17 heavy (non-hydrogen) atoms. The van der Waals surface area contributed by atoms with E-state index in [1.807, 2.05) is 6.07 Å². The van der Waals surface area contributed by atoms with Gasteiger partial charge in [0.1, 0.15) is 5.82 Å². The van der Waals surface area contributed by atoms with Crippen LogP contribution in [0.4, 0.5) is 10.1 Å². The predicted molar refractivity (Wildman–Crippen MR) is 71.9 cm³/mol. The largest absolute Gasteiger partial charge is 0.369 e. The van der Waals surface area contributed by atoms with Crippen LogP contribution >= 0.6 is 0 Å². The number of benzene rings is 1. The summed E-state index contributed by atoms with van der Waals surface area (Å²) >= 11 is 0. The van der Waals surface area contributed by atoms with Crippen molar-refractivity contribution in [3.63, 3.8) is 0 Å². The molecule has 0 saturated carbocycles. The van der Waals surface area contributed by atoms with Crippen LogP contribution in [0.5, 0.6) is 0 Å². The smallest absolute Gasteiger partial charge is 0.123 e. The molecule has 0 amide bonds. The van der Waals surface area contributed by atoms with Gasteiger partial charge in [-0.25, -0.2) is 4.39 Å². The van der Waals surface area contributed by atoms with Crippen molar-refractivity contribution in [1.82, 2.24) is 5.32 Å². The molecule has 0 heterocycles. The summed E-state index contributed by atoms with van der Waals surface area (Å²) in [7, 11) is 0. The second-order valence-corrected chi connectivity index (χ2v) is 4.43. The van der Waals surface area contributed by atoms with Crippen LogP contribution in [-0.4, -0.2) is 19.1 Å². The molecule has 0 atom stereocenters. The Bertz CT molecular complexity index is 350. The third-order valence-corrected chi connectivity index (χ3v) is 2.88. The Balaban J connectivity index is 3.03. The lowest BCUT2D eigenvalue weighted by Crippen LogP contribution is -2.31. The summed E-state index contributed by atoms with van der Waals surface area (Å²) in [6.45, 7) is 11.0.